The Kier molecular flexibility index (Phi) is 7.18. The average Bonchev–Trinajstić information content (AvgIpc) is 2.66. The fourth-order valence-electron chi connectivity index (χ4n) is 3.51. The Balaban J connectivity index is 1.57. The van der Waals surface area contributed by atoms with Crippen molar-refractivity contribution >= 4 is 0 Å². The van der Waals surface area contributed by atoms with Crippen molar-refractivity contribution in [2.75, 3.05) is 45.8 Å². The first-order valence-electron chi connectivity index (χ1n) is 8.56. The van der Waals surface area contributed by atoms with Gasteiger partial charge in [-0.2, -0.15) is 0 Å². The maximum Gasteiger partial charge on any atom is 0.0107 e. The van der Waals surface area contributed by atoms with Gasteiger partial charge in [0.2, 0.25) is 0 Å². The van der Waals surface area contributed by atoms with Crippen LogP contribution in [0.3, 0.4) is 0 Å². The number of likely N-dealkylation sites (tertiary alicyclic amines) is 2. The SMILES string of the molecule is CCCN1CCCC(NCCN2CCCCC2)CC1. The van der Waals surface area contributed by atoms with Crippen LogP contribution in [0.1, 0.15) is 51.9 Å². The summed E-state index contributed by atoms with van der Waals surface area (Å²) in [6, 6.07) is 0.770. The number of piperidine rings is 1. The third-order valence-corrected chi connectivity index (χ3v) is 4.67. The molecule has 1 unspecified atom stereocenters. The predicted molar refractivity (Wildman–Crippen MR) is 82.7 cm³/mol. The smallest absolute Gasteiger partial charge is 0.0107 e. The second-order valence-electron chi connectivity index (χ2n) is 6.33. The van der Waals surface area contributed by atoms with E-state index in [1.54, 1.807) is 0 Å². The van der Waals surface area contributed by atoms with Crippen molar-refractivity contribution in [3.05, 3.63) is 0 Å². The summed E-state index contributed by atoms with van der Waals surface area (Å²) < 4.78 is 0. The number of rotatable bonds is 6. The van der Waals surface area contributed by atoms with E-state index in [2.05, 4.69) is 22.0 Å². The maximum absolute atomic E-state index is 3.80. The van der Waals surface area contributed by atoms with E-state index >= 15 is 0 Å². The summed E-state index contributed by atoms with van der Waals surface area (Å²) in [6.07, 6.45) is 9.67. The molecule has 0 aliphatic carbocycles. The second kappa shape index (κ2) is 8.93. The Morgan fingerprint density at radius 2 is 1.58 bits per heavy atom. The Morgan fingerprint density at radius 1 is 0.842 bits per heavy atom. The molecule has 2 aliphatic heterocycles. The first-order chi connectivity index (χ1) is 9.38. The monoisotopic (exact) mass is 267 g/mol. The molecule has 2 heterocycles. The maximum atomic E-state index is 3.80. The topological polar surface area (TPSA) is 18.5 Å². The molecule has 2 rings (SSSR count). The minimum absolute atomic E-state index is 0.770. The fourth-order valence-corrected chi connectivity index (χ4v) is 3.51. The van der Waals surface area contributed by atoms with Gasteiger partial charge in [0.15, 0.2) is 0 Å². The van der Waals surface area contributed by atoms with Crippen LogP contribution < -0.4 is 5.32 Å². The molecule has 0 aromatic rings. The van der Waals surface area contributed by atoms with Gasteiger partial charge >= 0.3 is 0 Å². The molecule has 112 valence electrons. The third-order valence-electron chi connectivity index (χ3n) is 4.67. The van der Waals surface area contributed by atoms with Crippen LogP contribution in [0.2, 0.25) is 0 Å². The van der Waals surface area contributed by atoms with Crippen molar-refractivity contribution in [1.82, 2.24) is 15.1 Å². The molecular weight excluding hydrogens is 234 g/mol. The lowest BCUT2D eigenvalue weighted by atomic mass is 10.1. The molecule has 19 heavy (non-hydrogen) atoms. The van der Waals surface area contributed by atoms with Gasteiger partial charge in [-0.05, 0) is 71.2 Å². The highest BCUT2D eigenvalue weighted by atomic mass is 15.2. The van der Waals surface area contributed by atoms with Crippen LogP contribution in [-0.2, 0) is 0 Å². The molecular formula is C16H33N3. The van der Waals surface area contributed by atoms with E-state index in [1.165, 1.54) is 90.8 Å². The summed E-state index contributed by atoms with van der Waals surface area (Å²) in [6.45, 7) is 11.3. The van der Waals surface area contributed by atoms with Gasteiger partial charge in [0.25, 0.3) is 0 Å². The van der Waals surface area contributed by atoms with Gasteiger partial charge < -0.3 is 15.1 Å². The Hall–Kier alpha value is -0.120. The highest BCUT2D eigenvalue weighted by Gasteiger charge is 2.16. The van der Waals surface area contributed by atoms with Crippen molar-refractivity contribution in [2.24, 2.45) is 0 Å². The highest BCUT2D eigenvalue weighted by molar-refractivity contribution is 4.75. The van der Waals surface area contributed by atoms with Crippen LogP contribution in [0.25, 0.3) is 0 Å². The van der Waals surface area contributed by atoms with E-state index in [-0.39, 0.29) is 0 Å². The Morgan fingerprint density at radius 3 is 2.37 bits per heavy atom. The van der Waals surface area contributed by atoms with E-state index in [0.717, 1.165) is 6.04 Å². The Labute approximate surface area is 119 Å². The standard InChI is InChI=1S/C16H33N3/c1-2-10-18-13-6-7-16(8-14-18)17-9-15-19-11-4-3-5-12-19/h16-17H,2-15H2,1H3. The average molecular weight is 267 g/mol. The lowest BCUT2D eigenvalue weighted by Gasteiger charge is -2.27. The van der Waals surface area contributed by atoms with E-state index in [4.69, 9.17) is 0 Å². The van der Waals surface area contributed by atoms with Crippen LogP contribution >= 0.6 is 0 Å². The molecule has 2 fully saturated rings. The van der Waals surface area contributed by atoms with E-state index in [0.29, 0.717) is 0 Å². The molecule has 3 nitrogen and oxygen atoms in total. The fraction of sp³-hybridized carbons (Fsp3) is 1.00. The minimum Gasteiger partial charge on any atom is -0.313 e. The molecule has 0 aromatic heterocycles. The van der Waals surface area contributed by atoms with Gasteiger partial charge in [0, 0.05) is 19.1 Å². The van der Waals surface area contributed by atoms with Crippen LogP contribution in [-0.4, -0.2) is 61.7 Å². The van der Waals surface area contributed by atoms with Gasteiger partial charge in [0.05, 0.1) is 0 Å². The van der Waals surface area contributed by atoms with Crippen molar-refractivity contribution in [3.8, 4) is 0 Å². The summed E-state index contributed by atoms with van der Waals surface area (Å²) in [5.74, 6) is 0. The van der Waals surface area contributed by atoms with Crippen molar-refractivity contribution in [1.29, 1.82) is 0 Å². The van der Waals surface area contributed by atoms with Gasteiger partial charge in [-0.25, -0.2) is 0 Å². The van der Waals surface area contributed by atoms with Crippen LogP contribution in [0.5, 0.6) is 0 Å². The van der Waals surface area contributed by atoms with E-state index in [1.807, 2.05) is 0 Å². The molecule has 2 saturated heterocycles. The normalized spacial score (nSPS) is 27.3. The second-order valence-corrected chi connectivity index (χ2v) is 6.33. The summed E-state index contributed by atoms with van der Waals surface area (Å²) in [5, 5.41) is 3.80. The van der Waals surface area contributed by atoms with Crippen LogP contribution in [0, 0.1) is 0 Å². The molecule has 0 amide bonds. The van der Waals surface area contributed by atoms with E-state index in [9.17, 15) is 0 Å². The number of nitrogens with one attached hydrogen (secondary N) is 1. The zero-order chi connectivity index (χ0) is 13.3. The van der Waals surface area contributed by atoms with Crippen LogP contribution in [0.15, 0.2) is 0 Å². The zero-order valence-electron chi connectivity index (χ0n) is 12.9. The van der Waals surface area contributed by atoms with Gasteiger partial charge in [0.1, 0.15) is 0 Å². The lowest BCUT2D eigenvalue weighted by Crippen LogP contribution is -2.39. The van der Waals surface area contributed by atoms with Crippen molar-refractivity contribution in [3.63, 3.8) is 0 Å². The van der Waals surface area contributed by atoms with E-state index < -0.39 is 0 Å². The van der Waals surface area contributed by atoms with Gasteiger partial charge in [-0.1, -0.05) is 13.3 Å². The first kappa shape index (κ1) is 15.3. The number of nitrogens with zero attached hydrogens (tertiary/aromatic N) is 2. The zero-order valence-corrected chi connectivity index (χ0v) is 12.9. The number of hydrogen-bond donors (Lipinski definition) is 1. The van der Waals surface area contributed by atoms with Gasteiger partial charge in [-0.15, -0.1) is 0 Å². The molecule has 0 radical (unpaired) electrons. The molecule has 1 atom stereocenters. The highest BCUT2D eigenvalue weighted by Crippen LogP contribution is 2.12. The lowest BCUT2D eigenvalue weighted by molar-refractivity contribution is 0.224. The molecule has 1 N–H and O–H groups in total. The summed E-state index contributed by atoms with van der Waals surface area (Å²) >= 11 is 0. The first-order valence-corrected chi connectivity index (χ1v) is 8.56. The molecule has 0 spiro atoms. The molecule has 0 saturated carbocycles. The minimum atomic E-state index is 0.770. The Bertz CT molecular complexity index is 226. The third kappa shape index (κ3) is 5.80. The molecule has 0 bridgehead atoms. The van der Waals surface area contributed by atoms with Gasteiger partial charge in [-0.3, -0.25) is 0 Å². The quantitative estimate of drug-likeness (QED) is 0.797. The summed E-state index contributed by atoms with van der Waals surface area (Å²) in [7, 11) is 0. The largest absolute Gasteiger partial charge is 0.313 e. The van der Waals surface area contributed by atoms with Crippen LogP contribution in [0.4, 0.5) is 0 Å². The molecule has 2 aliphatic rings. The predicted octanol–water partition coefficient (Wildman–Crippen LogP) is 2.33. The molecule has 3 heteroatoms. The number of hydrogen-bond acceptors (Lipinski definition) is 3. The summed E-state index contributed by atoms with van der Waals surface area (Å²) in [4.78, 5) is 5.28. The van der Waals surface area contributed by atoms with Crippen molar-refractivity contribution in [2.45, 2.75) is 57.9 Å². The van der Waals surface area contributed by atoms with Crippen molar-refractivity contribution < 1.29 is 0 Å². The summed E-state index contributed by atoms with van der Waals surface area (Å²) in [5.41, 5.74) is 0. The molecule has 0 aromatic carbocycles.